The van der Waals surface area contributed by atoms with Crippen LogP contribution in [0.1, 0.15) is 53.6 Å². The average Bonchev–Trinajstić information content (AvgIpc) is 3.34. The molecule has 4 aliphatic rings. The van der Waals surface area contributed by atoms with Crippen LogP contribution in [0.2, 0.25) is 0 Å². The van der Waals surface area contributed by atoms with Gasteiger partial charge in [-0.3, -0.25) is 14.6 Å². The molecular formula is C33H31N5O. The predicted molar refractivity (Wildman–Crippen MR) is 153 cm³/mol. The van der Waals surface area contributed by atoms with Gasteiger partial charge in [0.05, 0.1) is 11.1 Å². The van der Waals surface area contributed by atoms with Crippen molar-refractivity contribution in [3.63, 3.8) is 0 Å². The fourth-order valence-electron chi connectivity index (χ4n) is 7.36. The minimum absolute atomic E-state index is 0.0220. The summed E-state index contributed by atoms with van der Waals surface area (Å²) in [5, 5.41) is 0. The number of amides is 1. The summed E-state index contributed by atoms with van der Waals surface area (Å²) < 4.78 is 2.15. The molecule has 3 heterocycles. The Labute approximate surface area is 228 Å². The molecule has 2 aliphatic carbocycles. The number of imidazole rings is 1. The summed E-state index contributed by atoms with van der Waals surface area (Å²) >= 11 is 0. The van der Waals surface area contributed by atoms with Gasteiger partial charge < -0.3 is 4.57 Å². The number of fused-ring (bicyclic) bond motifs is 4. The van der Waals surface area contributed by atoms with Gasteiger partial charge in [-0.15, -0.1) is 0 Å². The second-order valence-corrected chi connectivity index (χ2v) is 11.8. The van der Waals surface area contributed by atoms with Crippen LogP contribution in [0.3, 0.4) is 0 Å². The minimum atomic E-state index is -0.128. The number of hydrogen-bond acceptors (Lipinski definition) is 4. The number of carbonyl (C=O) groups excluding carboxylic acids is 1. The van der Waals surface area contributed by atoms with Crippen molar-refractivity contribution >= 4 is 17.7 Å². The molecule has 2 fully saturated rings. The lowest BCUT2D eigenvalue weighted by Crippen LogP contribution is -2.58. The van der Waals surface area contributed by atoms with Gasteiger partial charge >= 0.3 is 0 Å². The van der Waals surface area contributed by atoms with Crippen molar-refractivity contribution in [2.45, 2.75) is 50.2 Å². The van der Waals surface area contributed by atoms with Crippen LogP contribution in [0.5, 0.6) is 0 Å². The molecule has 0 N–H and O–H groups in total. The van der Waals surface area contributed by atoms with Crippen LogP contribution in [-0.4, -0.2) is 44.4 Å². The molecule has 1 spiro atoms. The van der Waals surface area contributed by atoms with Gasteiger partial charge in [0.25, 0.3) is 5.91 Å². The highest BCUT2D eigenvalue weighted by atomic mass is 16.2. The number of benzene rings is 3. The van der Waals surface area contributed by atoms with Gasteiger partial charge in [0.15, 0.2) is 11.5 Å². The van der Waals surface area contributed by atoms with Crippen LogP contribution in [-0.2, 0) is 13.0 Å². The highest BCUT2D eigenvalue weighted by Crippen LogP contribution is 2.69. The molecule has 4 aromatic rings. The molecule has 0 radical (unpaired) electrons. The number of carbonyl (C=O) groups is 1. The molecular weight excluding hydrogens is 482 g/mol. The maximum absolute atomic E-state index is 13.9. The summed E-state index contributed by atoms with van der Waals surface area (Å²) in [6, 6.07) is 29.5. The molecule has 2 unspecified atom stereocenters. The van der Waals surface area contributed by atoms with Crippen LogP contribution in [0.4, 0.5) is 5.82 Å². The number of hydrogen-bond donors (Lipinski definition) is 0. The van der Waals surface area contributed by atoms with Crippen LogP contribution in [0.25, 0.3) is 11.1 Å². The summed E-state index contributed by atoms with van der Waals surface area (Å²) in [4.78, 5) is 28.5. The fourth-order valence-corrected chi connectivity index (χ4v) is 7.36. The summed E-state index contributed by atoms with van der Waals surface area (Å²) in [6.45, 7) is 2.94. The highest BCUT2D eigenvalue weighted by molar-refractivity contribution is 6.19. The average molecular weight is 514 g/mol. The first kappa shape index (κ1) is 22.8. The van der Waals surface area contributed by atoms with Gasteiger partial charge in [-0.1, -0.05) is 84.9 Å². The van der Waals surface area contributed by atoms with Crippen LogP contribution in [0.15, 0.2) is 89.9 Å². The Morgan fingerprint density at radius 2 is 1.59 bits per heavy atom. The first-order chi connectivity index (χ1) is 19.0. The van der Waals surface area contributed by atoms with Gasteiger partial charge in [0.1, 0.15) is 5.82 Å². The molecule has 0 saturated heterocycles. The van der Waals surface area contributed by atoms with Gasteiger partial charge in [-0.25, -0.2) is 9.98 Å². The molecule has 8 rings (SSSR count). The van der Waals surface area contributed by atoms with Crippen LogP contribution >= 0.6 is 0 Å². The SMILES string of the molecule is CN1C(=O)c2c(nc(Cc3ccc(-c4ccccc4)cc3)n2Cc2ccccc2)N2C1=NC13CC1CC[C@]23C. The summed E-state index contributed by atoms with van der Waals surface area (Å²) in [6.07, 6.45) is 4.04. The summed E-state index contributed by atoms with van der Waals surface area (Å²) in [5.41, 5.74) is 5.22. The Morgan fingerprint density at radius 1 is 0.897 bits per heavy atom. The molecule has 0 bridgehead atoms. The number of aromatic nitrogens is 2. The summed E-state index contributed by atoms with van der Waals surface area (Å²) in [5.74, 6) is 3.08. The van der Waals surface area contributed by atoms with E-state index in [0.29, 0.717) is 24.6 Å². The molecule has 1 amide bonds. The number of aliphatic imine (C=N–C) groups is 1. The molecule has 6 heteroatoms. The van der Waals surface area contributed by atoms with Gasteiger partial charge in [0.2, 0.25) is 5.96 Å². The molecule has 194 valence electrons. The largest absolute Gasteiger partial charge is 0.317 e. The van der Waals surface area contributed by atoms with E-state index in [2.05, 4.69) is 89.2 Å². The van der Waals surface area contributed by atoms with Crippen molar-refractivity contribution in [3.8, 4) is 11.1 Å². The Hall–Kier alpha value is -4.19. The number of anilines is 1. The normalized spacial score (nSPS) is 26.2. The third-order valence-electron chi connectivity index (χ3n) is 9.63. The zero-order valence-corrected chi connectivity index (χ0v) is 22.3. The Bertz CT molecular complexity index is 1640. The molecule has 3 atom stereocenters. The minimum Gasteiger partial charge on any atom is -0.317 e. The zero-order valence-electron chi connectivity index (χ0n) is 22.3. The van der Waals surface area contributed by atoms with E-state index < -0.39 is 0 Å². The predicted octanol–water partition coefficient (Wildman–Crippen LogP) is 5.76. The van der Waals surface area contributed by atoms with E-state index >= 15 is 0 Å². The molecule has 6 nitrogen and oxygen atoms in total. The van der Waals surface area contributed by atoms with Gasteiger partial charge in [0, 0.05) is 20.0 Å². The summed E-state index contributed by atoms with van der Waals surface area (Å²) in [7, 11) is 1.87. The van der Waals surface area contributed by atoms with Crippen molar-refractivity contribution in [1.82, 2.24) is 14.5 Å². The standard InChI is InChI=1S/C33H31N5O/c1-32-18-17-26-20-33(26,32)35-31-36(2)30(39)28-29(38(31)32)34-27(37(28)21-23-9-5-3-6-10-23)19-22-13-15-25(16-14-22)24-11-7-4-8-12-24/h3-16,26H,17-21H2,1-2H3/t26?,32-,33?/m0/s1. The first-order valence-corrected chi connectivity index (χ1v) is 13.9. The third kappa shape index (κ3) is 3.11. The van der Waals surface area contributed by atoms with Gasteiger partial charge in [-0.05, 0) is 54.4 Å². The quantitative estimate of drug-likeness (QED) is 0.341. The molecule has 2 aliphatic heterocycles. The lowest BCUT2D eigenvalue weighted by molar-refractivity contribution is 0.0853. The van der Waals surface area contributed by atoms with E-state index in [1.807, 2.05) is 19.2 Å². The smallest absolute Gasteiger partial charge is 0.280 e. The number of guanidine groups is 1. The third-order valence-corrected chi connectivity index (χ3v) is 9.63. The Balaban J connectivity index is 1.23. The van der Waals surface area contributed by atoms with Gasteiger partial charge in [-0.2, -0.15) is 0 Å². The highest BCUT2D eigenvalue weighted by Gasteiger charge is 2.76. The molecule has 2 saturated carbocycles. The fraction of sp³-hybridized carbons (Fsp3) is 0.303. The Kier molecular flexibility index (Phi) is 4.62. The van der Waals surface area contributed by atoms with E-state index in [0.717, 1.165) is 36.0 Å². The van der Waals surface area contributed by atoms with Crippen molar-refractivity contribution in [2.75, 3.05) is 11.9 Å². The topological polar surface area (TPSA) is 53.7 Å². The molecule has 39 heavy (non-hydrogen) atoms. The monoisotopic (exact) mass is 513 g/mol. The van der Waals surface area contributed by atoms with Crippen molar-refractivity contribution < 1.29 is 4.79 Å². The first-order valence-electron chi connectivity index (χ1n) is 13.9. The zero-order chi connectivity index (χ0) is 26.4. The maximum Gasteiger partial charge on any atom is 0.280 e. The van der Waals surface area contributed by atoms with Crippen molar-refractivity contribution in [2.24, 2.45) is 10.9 Å². The number of rotatable bonds is 5. The second-order valence-electron chi connectivity index (χ2n) is 11.8. The van der Waals surface area contributed by atoms with Crippen LogP contribution < -0.4 is 4.90 Å². The Morgan fingerprint density at radius 3 is 2.31 bits per heavy atom. The van der Waals surface area contributed by atoms with E-state index in [1.165, 1.54) is 23.1 Å². The molecule has 3 aromatic carbocycles. The van der Waals surface area contributed by atoms with E-state index in [4.69, 9.17) is 9.98 Å². The van der Waals surface area contributed by atoms with Crippen LogP contribution in [0, 0.1) is 5.92 Å². The van der Waals surface area contributed by atoms with E-state index in [-0.39, 0.29) is 17.0 Å². The maximum atomic E-state index is 13.9. The van der Waals surface area contributed by atoms with Crippen molar-refractivity contribution in [3.05, 3.63) is 108 Å². The lowest BCUT2D eigenvalue weighted by atomic mass is 9.89. The number of nitrogens with zero attached hydrogens (tertiary/aromatic N) is 5. The second kappa shape index (κ2) is 7.92. The van der Waals surface area contributed by atoms with E-state index in [9.17, 15) is 4.79 Å². The lowest BCUT2D eigenvalue weighted by Gasteiger charge is -2.41. The molecule has 1 aromatic heterocycles. The van der Waals surface area contributed by atoms with E-state index in [1.54, 1.807) is 4.90 Å². The van der Waals surface area contributed by atoms with Crippen molar-refractivity contribution in [1.29, 1.82) is 0 Å².